The summed E-state index contributed by atoms with van der Waals surface area (Å²) in [5.41, 5.74) is 12.4. The zero-order valence-corrected chi connectivity index (χ0v) is 55.2. The number of rotatable bonds is 0. The van der Waals surface area contributed by atoms with Gasteiger partial charge in [-0.25, -0.2) is 0 Å². The Balaban J connectivity index is -0.0000000512. The summed E-state index contributed by atoms with van der Waals surface area (Å²) in [4.78, 5) is 0. The molecular formula is C66H140. The Morgan fingerprint density at radius 2 is 0.697 bits per heavy atom. The zero-order chi connectivity index (χ0) is 56.9. The molecule has 0 aromatic heterocycles. The average molecular weight is 934 g/mol. The van der Waals surface area contributed by atoms with Crippen molar-refractivity contribution in [2.45, 2.75) is 314 Å². The Hall–Kier alpha value is -2.08. The average Bonchev–Trinajstić information content (AvgIpc) is 3.70. The van der Waals surface area contributed by atoms with Gasteiger partial charge in [0.15, 0.2) is 0 Å². The molecular weight excluding hydrogens is 793 g/mol. The lowest BCUT2D eigenvalue weighted by molar-refractivity contribution is 0.121. The van der Waals surface area contributed by atoms with Crippen molar-refractivity contribution in [1.29, 1.82) is 0 Å². The van der Waals surface area contributed by atoms with Crippen molar-refractivity contribution in [3.63, 3.8) is 0 Å². The van der Waals surface area contributed by atoms with Crippen LogP contribution in [0.4, 0.5) is 0 Å². The fourth-order valence-corrected chi connectivity index (χ4v) is 5.92. The van der Waals surface area contributed by atoms with E-state index < -0.39 is 0 Å². The van der Waals surface area contributed by atoms with Crippen LogP contribution in [-0.4, -0.2) is 0 Å². The lowest BCUT2D eigenvalue weighted by Gasteiger charge is -2.38. The first kappa shape index (κ1) is 93.9. The standard InChI is InChI=1S/C13H16.C10H14.C10H22.C9H16.12C2H6/c1-9-10(2)13(3,4)12-8-6-5-7-11(9)12;1-10(2,3)9-7-5-4-6-8-9;1-8(9(2,3)4)10(5,6)7;1-7-5-6-9(3,4)8(7)2;12*1-2/h5-8H,1-4H3;4-8H,1-3H3;8H,1-7H3;5-6H2,1-4H3;12*1-2H3. The molecule has 2 aliphatic rings. The van der Waals surface area contributed by atoms with E-state index in [9.17, 15) is 0 Å². The second kappa shape index (κ2) is 60.9. The third-order valence-corrected chi connectivity index (χ3v) is 10.5. The first-order valence-corrected chi connectivity index (χ1v) is 28.3. The lowest BCUT2D eigenvalue weighted by Crippen LogP contribution is -2.29. The molecule has 0 unspecified atom stereocenters. The van der Waals surface area contributed by atoms with E-state index in [0.717, 1.165) is 5.92 Å². The summed E-state index contributed by atoms with van der Waals surface area (Å²) >= 11 is 0. The molecule has 0 fully saturated rings. The Morgan fingerprint density at radius 3 is 0.879 bits per heavy atom. The van der Waals surface area contributed by atoms with Crippen LogP contribution in [0.15, 0.2) is 71.3 Å². The molecule has 66 heavy (non-hydrogen) atoms. The van der Waals surface area contributed by atoms with E-state index in [1.54, 1.807) is 11.1 Å². The van der Waals surface area contributed by atoms with Crippen LogP contribution in [0.2, 0.25) is 0 Å². The molecule has 4 rings (SSSR count). The predicted octanol–water partition coefficient (Wildman–Crippen LogP) is 25.9. The molecule has 0 atom stereocenters. The SMILES string of the molecule is CC.CC.CC.CC.CC.CC.CC.CC.CC.CC.CC.CC.CC(C(C)(C)C)C(C)(C)C.CC(C)(C)c1ccccc1.CC1=C(C)C(C)(C)CC1.CC1=C(C)C(C)(C)c2ccccc21. The molecule has 2 aromatic carbocycles. The van der Waals surface area contributed by atoms with Gasteiger partial charge in [0.05, 0.1) is 0 Å². The number of benzene rings is 2. The van der Waals surface area contributed by atoms with Crippen molar-refractivity contribution in [3.8, 4) is 0 Å². The number of hydrogen-bond acceptors (Lipinski definition) is 0. The molecule has 0 saturated heterocycles. The van der Waals surface area contributed by atoms with Crippen LogP contribution in [0.5, 0.6) is 0 Å². The molecule has 0 amide bonds. The number of hydrogen-bond donors (Lipinski definition) is 0. The molecule has 0 aliphatic heterocycles. The molecule has 0 bridgehead atoms. The first-order valence-electron chi connectivity index (χ1n) is 28.3. The van der Waals surface area contributed by atoms with Crippen LogP contribution in [0.3, 0.4) is 0 Å². The van der Waals surface area contributed by atoms with E-state index in [-0.39, 0.29) is 5.41 Å². The highest BCUT2D eigenvalue weighted by Gasteiger charge is 2.33. The van der Waals surface area contributed by atoms with Crippen LogP contribution >= 0.6 is 0 Å². The monoisotopic (exact) mass is 933 g/mol. The van der Waals surface area contributed by atoms with Gasteiger partial charge in [0.1, 0.15) is 0 Å². The van der Waals surface area contributed by atoms with Crippen molar-refractivity contribution in [1.82, 2.24) is 0 Å². The summed E-state index contributed by atoms with van der Waals surface area (Å²) in [5.74, 6) is 0.764. The second-order valence-corrected chi connectivity index (χ2v) is 17.3. The van der Waals surface area contributed by atoms with Gasteiger partial charge in [-0.15, -0.1) is 0 Å². The van der Waals surface area contributed by atoms with Crippen LogP contribution in [-0.2, 0) is 10.8 Å². The fraction of sp³-hybridized carbons (Fsp3) is 0.758. The van der Waals surface area contributed by atoms with Crippen molar-refractivity contribution >= 4 is 5.57 Å². The smallest absolute Gasteiger partial charge is 0.0114 e. The highest BCUT2D eigenvalue weighted by atomic mass is 14.4. The Morgan fingerprint density at radius 1 is 0.409 bits per heavy atom. The maximum Gasteiger partial charge on any atom is 0.0114 e. The molecule has 2 aromatic rings. The summed E-state index contributed by atoms with van der Waals surface area (Å²) in [6.45, 7) is 89.1. The van der Waals surface area contributed by atoms with Gasteiger partial charge in [0.2, 0.25) is 0 Å². The molecule has 0 heterocycles. The van der Waals surface area contributed by atoms with Crippen LogP contribution in [0.25, 0.3) is 5.57 Å². The van der Waals surface area contributed by atoms with Gasteiger partial charge in [-0.1, -0.05) is 334 Å². The second-order valence-electron chi connectivity index (χ2n) is 17.3. The highest BCUT2D eigenvalue weighted by molar-refractivity contribution is 5.78. The van der Waals surface area contributed by atoms with E-state index in [2.05, 4.69) is 179 Å². The molecule has 404 valence electrons. The molecule has 0 heteroatoms. The largest absolute Gasteiger partial charge is 0.0738 e. The number of fused-ring (bicyclic) bond motifs is 1. The van der Waals surface area contributed by atoms with Gasteiger partial charge in [-0.2, -0.15) is 0 Å². The van der Waals surface area contributed by atoms with Gasteiger partial charge >= 0.3 is 0 Å². The highest BCUT2D eigenvalue weighted by Crippen LogP contribution is 2.45. The summed E-state index contributed by atoms with van der Waals surface area (Å²) in [6, 6.07) is 19.3. The van der Waals surface area contributed by atoms with Crippen molar-refractivity contribution in [2.75, 3.05) is 0 Å². The van der Waals surface area contributed by atoms with Crippen molar-refractivity contribution in [3.05, 3.63) is 88.0 Å². The molecule has 0 spiro atoms. The maximum absolute atomic E-state index is 2.33. The summed E-state index contributed by atoms with van der Waals surface area (Å²) in [5, 5.41) is 0. The predicted molar refractivity (Wildman–Crippen MR) is 329 cm³/mol. The summed E-state index contributed by atoms with van der Waals surface area (Å²) < 4.78 is 0. The molecule has 0 radical (unpaired) electrons. The van der Waals surface area contributed by atoms with Crippen LogP contribution in [0, 0.1) is 22.2 Å². The minimum Gasteiger partial charge on any atom is -0.0738 e. The zero-order valence-electron chi connectivity index (χ0n) is 55.2. The third-order valence-electron chi connectivity index (χ3n) is 10.5. The minimum atomic E-state index is 0.237. The van der Waals surface area contributed by atoms with E-state index in [1.807, 2.05) is 166 Å². The molecule has 0 saturated carbocycles. The Labute approximate surface area is 428 Å². The van der Waals surface area contributed by atoms with Crippen molar-refractivity contribution in [2.24, 2.45) is 22.2 Å². The van der Waals surface area contributed by atoms with Gasteiger partial charge < -0.3 is 0 Å². The first-order chi connectivity index (χ1) is 30.8. The lowest BCUT2D eigenvalue weighted by atomic mass is 9.68. The van der Waals surface area contributed by atoms with Crippen molar-refractivity contribution < 1.29 is 0 Å². The third kappa shape index (κ3) is 45.7. The molecule has 2 aliphatic carbocycles. The summed E-state index contributed by atoms with van der Waals surface area (Å²) in [6.07, 6.45) is 2.67. The summed E-state index contributed by atoms with van der Waals surface area (Å²) in [7, 11) is 0. The normalized spacial score (nSPS) is 12.2. The van der Waals surface area contributed by atoms with Gasteiger partial charge in [0.25, 0.3) is 0 Å². The fourth-order valence-electron chi connectivity index (χ4n) is 5.92. The number of allylic oxidation sites excluding steroid dienone is 4. The van der Waals surface area contributed by atoms with E-state index >= 15 is 0 Å². The van der Waals surface area contributed by atoms with Crippen LogP contribution < -0.4 is 0 Å². The van der Waals surface area contributed by atoms with Gasteiger partial charge in [-0.05, 0) is 90.4 Å². The van der Waals surface area contributed by atoms with Gasteiger partial charge in [0, 0.05) is 5.41 Å². The quantitative estimate of drug-likeness (QED) is 0.231. The maximum atomic E-state index is 2.33. The van der Waals surface area contributed by atoms with E-state index in [4.69, 9.17) is 0 Å². The molecule has 0 nitrogen and oxygen atoms in total. The minimum absolute atomic E-state index is 0.237. The topological polar surface area (TPSA) is 0 Å². The molecule has 0 N–H and O–H groups in total. The van der Waals surface area contributed by atoms with Gasteiger partial charge in [-0.3, -0.25) is 0 Å². The van der Waals surface area contributed by atoms with E-state index in [0.29, 0.717) is 21.7 Å². The Bertz CT molecular complexity index is 1180. The Kier molecular flexibility index (Phi) is 86.7. The van der Waals surface area contributed by atoms with E-state index in [1.165, 1.54) is 40.7 Å². The van der Waals surface area contributed by atoms with Crippen LogP contribution in [0.1, 0.15) is 320 Å².